The molecule has 0 aliphatic carbocycles. The molecule has 0 fully saturated rings. The summed E-state index contributed by atoms with van der Waals surface area (Å²) in [7, 11) is 3.26. The van der Waals surface area contributed by atoms with Gasteiger partial charge in [0.05, 0.1) is 0 Å². The predicted octanol–water partition coefficient (Wildman–Crippen LogP) is 2.02. The van der Waals surface area contributed by atoms with Crippen molar-refractivity contribution in [3.8, 4) is 5.75 Å². The predicted molar refractivity (Wildman–Crippen MR) is 71.5 cm³/mol. The van der Waals surface area contributed by atoms with E-state index in [0.717, 1.165) is 0 Å². The molecule has 2 amide bonds. The Hall–Kier alpha value is -2.24. The van der Waals surface area contributed by atoms with Crippen LogP contribution in [0.4, 0.5) is 10.5 Å². The molecule has 6 nitrogen and oxygen atoms in total. The van der Waals surface area contributed by atoms with Gasteiger partial charge in [0.15, 0.2) is 5.60 Å². The smallest absolute Gasteiger partial charge is 0.347 e. The zero-order valence-electron chi connectivity index (χ0n) is 11.4. The standard InChI is InChI=1S/C13H18N2O4/c1-13(2,11(16)17)19-10-7-5-6-9(8-10)14-12(18)15(3)4/h5-8H,1-4H3,(H,14,18)(H,16,17). The van der Waals surface area contributed by atoms with Crippen molar-refractivity contribution in [2.75, 3.05) is 19.4 Å². The first-order valence-corrected chi connectivity index (χ1v) is 5.73. The number of nitrogens with zero attached hydrogens (tertiary/aromatic N) is 1. The van der Waals surface area contributed by atoms with Gasteiger partial charge in [-0.2, -0.15) is 0 Å². The Balaban J connectivity index is 2.83. The van der Waals surface area contributed by atoms with E-state index in [2.05, 4.69) is 5.32 Å². The number of carboxylic acid groups (broad SMARTS) is 1. The summed E-state index contributed by atoms with van der Waals surface area (Å²) >= 11 is 0. The molecule has 19 heavy (non-hydrogen) atoms. The zero-order chi connectivity index (χ0) is 14.6. The number of carboxylic acids is 1. The van der Waals surface area contributed by atoms with Gasteiger partial charge < -0.3 is 20.1 Å². The summed E-state index contributed by atoms with van der Waals surface area (Å²) in [4.78, 5) is 23.9. The molecule has 0 aliphatic heterocycles. The largest absolute Gasteiger partial charge is 0.478 e. The van der Waals surface area contributed by atoms with Crippen molar-refractivity contribution in [1.29, 1.82) is 0 Å². The third kappa shape index (κ3) is 4.17. The molecule has 0 atom stereocenters. The summed E-state index contributed by atoms with van der Waals surface area (Å²) < 4.78 is 5.38. The molecule has 1 rings (SSSR count). The van der Waals surface area contributed by atoms with Gasteiger partial charge in [0.1, 0.15) is 5.75 Å². The molecule has 0 radical (unpaired) electrons. The number of carbonyl (C=O) groups is 2. The van der Waals surface area contributed by atoms with E-state index in [-0.39, 0.29) is 6.03 Å². The summed E-state index contributed by atoms with van der Waals surface area (Å²) in [5.74, 6) is -0.681. The third-order valence-corrected chi connectivity index (χ3v) is 2.38. The first kappa shape index (κ1) is 14.8. The van der Waals surface area contributed by atoms with Crippen LogP contribution >= 0.6 is 0 Å². The zero-order valence-corrected chi connectivity index (χ0v) is 11.4. The highest BCUT2D eigenvalue weighted by molar-refractivity contribution is 5.89. The van der Waals surface area contributed by atoms with Crippen LogP contribution < -0.4 is 10.1 Å². The van der Waals surface area contributed by atoms with E-state index in [0.29, 0.717) is 11.4 Å². The van der Waals surface area contributed by atoms with E-state index in [4.69, 9.17) is 9.84 Å². The molecule has 0 aliphatic rings. The Kier molecular flexibility index (Phi) is 4.37. The maximum atomic E-state index is 11.5. The average molecular weight is 266 g/mol. The second kappa shape index (κ2) is 5.60. The van der Waals surface area contributed by atoms with Gasteiger partial charge in [0.25, 0.3) is 0 Å². The highest BCUT2D eigenvalue weighted by atomic mass is 16.5. The van der Waals surface area contributed by atoms with Crippen LogP contribution in [0.25, 0.3) is 0 Å². The van der Waals surface area contributed by atoms with Gasteiger partial charge in [-0.25, -0.2) is 9.59 Å². The Bertz CT molecular complexity index is 483. The minimum absolute atomic E-state index is 0.269. The first-order valence-electron chi connectivity index (χ1n) is 5.73. The van der Waals surface area contributed by atoms with Crippen LogP contribution in [0, 0.1) is 0 Å². The van der Waals surface area contributed by atoms with E-state index in [1.165, 1.54) is 18.7 Å². The summed E-state index contributed by atoms with van der Waals surface area (Å²) in [6.45, 7) is 2.92. The summed E-state index contributed by atoms with van der Waals surface area (Å²) in [5.41, 5.74) is -0.790. The molecule has 6 heteroatoms. The Morgan fingerprint density at radius 2 is 1.95 bits per heavy atom. The van der Waals surface area contributed by atoms with Crippen LogP contribution in [0.2, 0.25) is 0 Å². The van der Waals surface area contributed by atoms with Gasteiger partial charge >= 0.3 is 12.0 Å². The van der Waals surface area contributed by atoms with Gasteiger partial charge in [0.2, 0.25) is 0 Å². The van der Waals surface area contributed by atoms with Crippen molar-refractivity contribution in [3.05, 3.63) is 24.3 Å². The van der Waals surface area contributed by atoms with Crippen LogP contribution in [0.1, 0.15) is 13.8 Å². The van der Waals surface area contributed by atoms with Crippen molar-refractivity contribution in [2.45, 2.75) is 19.4 Å². The molecule has 1 aromatic carbocycles. The number of aliphatic carboxylic acids is 1. The van der Waals surface area contributed by atoms with Crippen molar-refractivity contribution in [2.24, 2.45) is 0 Å². The summed E-state index contributed by atoms with van der Waals surface area (Å²) in [6.07, 6.45) is 0. The quantitative estimate of drug-likeness (QED) is 0.873. The van der Waals surface area contributed by atoms with Gasteiger partial charge in [-0.15, -0.1) is 0 Å². The average Bonchev–Trinajstić information content (AvgIpc) is 2.28. The van der Waals surface area contributed by atoms with Crippen LogP contribution in [0.3, 0.4) is 0 Å². The van der Waals surface area contributed by atoms with Crippen molar-refractivity contribution < 1.29 is 19.4 Å². The number of amides is 2. The van der Waals surface area contributed by atoms with Gasteiger partial charge in [0, 0.05) is 25.8 Å². The van der Waals surface area contributed by atoms with Gasteiger partial charge in [-0.05, 0) is 26.0 Å². The minimum atomic E-state index is -1.33. The number of ether oxygens (including phenoxy) is 1. The molecule has 2 N–H and O–H groups in total. The second-order valence-corrected chi connectivity index (χ2v) is 4.77. The fourth-order valence-electron chi connectivity index (χ4n) is 1.21. The van der Waals surface area contributed by atoms with Crippen LogP contribution in [0.15, 0.2) is 24.3 Å². The lowest BCUT2D eigenvalue weighted by atomic mass is 10.1. The summed E-state index contributed by atoms with van der Waals surface area (Å²) in [5, 5.41) is 11.6. The Morgan fingerprint density at radius 3 is 2.47 bits per heavy atom. The molecule has 0 unspecified atom stereocenters. The van der Waals surface area contributed by atoms with E-state index in [1.54, 1.807) is 38.4 Å². The Labute approximate surface area is 112 Å². The lowest BCUT2D eigenvalue weighted by Crippen LogP contribution is -2.37. The number of benzene rings is 1. The molecule has 104 valence electrons. The van der Waals surface area contributed by atoms with E-state index < -0.39 is 11.6 Å². The molecule has 0 spiro atoms. The lowest BCUT2D eigenvalue weighted by molar-refractivity contribution is -0.152. The molecular weight excluding hydrogens is 248 g/mol. The topological polar surface area (TPSA) is 78.9 Å². The number of nitrogens with one attached hydrogen (secondary N) is 1. The maximum absolute atomic E-state index is 11.5. The van der Waals surface area contributed by atoms with Crippen molar-refractivity contribution in [1.82, 2.24) is 4.90 Å². The third-order valence-electron chi connectivity index (χ3n) is 2.38. The van der Waals surface area contributed by atoms with Crippen LogP contribution in [0.5, 0.6) is 5.75 Å². The van der Waals surface area contributed by atoms with E-state index >= 15 is 0 Å². The summed E-state index contributed by atoms with van der Waals surface area (Å²) in [6, 6.07) is 6.32. The maximum Gasteiger partial charge on any atom is 0.347 e. The normalized spacial score (nSPS) is 10.7. The highest BCUT2D eigenvalue weighted by Crippen LogP contribution is 2.22. The van der Waals surface area contributed by atoms with Gasteiger partial charge in [-0.3, -0.25) is 0 Å². The fourth-order valence-corrected chi connectivity index (χ4v) is 1.21. The van der Waals surface area contributed by atoms with Crippen LogP contribution in [-0.2, 0) is 4.79 Å². The molecule has 0 bridgehead atoms. The second-order valence-electron chi connectivity index (χ2n) is 4.77. The molecule has 0 saturated heterocycles. The molecular formula is C13H18N2O4. The molecule has 0 saturated carbocycles. The first-order chi connectivity index (χ1) is 8.72. The van der Waals surface area contributed by atoms with Crippen molar-refractivity contribution >= 4 is 17.7 Å². The lowest BCUT2D eigenvalue weighted by Gasteiger charge is -2.22. The molecule has 0 heterocycles. The minimum Gasteiger partial charge on any atom is -0.478 e. The number of anilines is 1. The Morgan fingerprint density at radius 1 is 1.32 bits per heavy atom. The number of carbonyl (C=O) groups excluding carboxylic acids is 1. The SMILES string of the molecule is CN(C)C(=O)Nc1cccc(OC(C)(C)C(=O)O)c1. The number of urea groups is 1. The van der Waals surface area contributed by atoms with E-state index in [9.17, 15) is 9.59 Å². The van der Waals surface area contributed by atoms with Gasteiger partial charge in [-0.1, -0.05) is 6.07 Å². The number of hydrogen-bond acceptors (Lipinski definition) is 3. The van der Waals surface area contributed by atoms with E-state index in [1.807, 2.05) is 0 Å². The fraction of sp³-hybridized carbons (Fsp3) is 0.385. The number of rotatable bonds is 4. The molecule has 1 aromatic rings. The monoisotopic (exact) mass is 266 g/mol. The number of hydrogen-bond donors (Lipinski definition) is 2. The van der Waals surface area contributed by atoms with Crippen LogP contribution in [-0.4, -0.2) is 41.7 Å². The molecule has 0 aromatic heterocycles. The highest BCUT2D eigenvalue weighted by Gasteiger charge is 2.29. The van der Waals surface area contributed by atoms with Crippen molar-refractivity contribution in [3.63, 3.8) is 0 Å².